The van der Waals surface area contributed by atoms with Crippen LogP contribution in [0.3, 0.4) is 0 Å². The number of rotatable bonds is 4. The van der Waals surface area contributed by atoms with Crippen molar-refractivity contribution in [2.75, 3.05) is 13.7 Å². The van der Waals surface area contributed by atoms with E-state index in [1.807, 2.05) is 32.1 Å². The minimum Gasteiger partial charge on any atom is -0.490 e. The van der Waals surface area contributed by atoms with Crippen molar-refractivity contribution in [2.24, 2.45) is 5.92 Å². The summed E-state index contributed by atoms with van der Waals surface area (Å²) in [7, 11) is 1.65. The summed E-state index contributed by atoms with van der Waals surface area (Å²) in [6.45, 7) is 8.94. The average molecular weight is 262 g/mol. The Balaban J connectivity index is 2.36. The lowest BCUT2D eigenvalue weighted by Crippen LogP contribution is -2.27. The molecule has 3 heteroatoms. The predicted octanol–water partition coefficient (Wildman–Crippen LogP) is 3.91. The van der Waals surface area contributed by atoms with Crippen LogP contribution in [0.2, 0.25) is 0 Å². The Bertz CT molecular complexity index is 487. The lowest BCUT2D eigenvalue weighted by molar-refractivity contribution is 0.149. The van der Waals surface area contributed by atoms with Gasteiger partial charge in [-0.05, 0) is 38.0 Å². The van der Waals surface area contributed by atoms with Gasteiger partial charge in [-0.25, -0.2) is 0 Å². The molecule has 0 spiro atoms. The van der Waals surface area contributed by atoms with Crippen molar-refractivity contribution >= 4 is 6.08 Å². The van der Waals surface area contributed by atoms with Crippen LogP contribution >= 0.6 is 0 Å². The number of hydrogen-bond donors (Lipinski definition) is 0. The molecule has 0 radical (unpaired) electrons. The van der Waals surface area contributed by atoms with Crippen molar-refractivity contribution in [3.05, 3.63) is 23.8 Å². The van der Waals surface area contributed by atoms with Gasteiger partial charge in [0, 0.05) is 5.56 Å². The van der Waals surface area contributed by atoms with E-state index in [1.54, 1.807) is 7.11 Å². The van der Waals surface area contributed by atoms with Crippen LogP contribution in [0.25, 0.3) is 6.08 Å². The summed E-state index contributed by atoms with van der Waals surface area (Å²) in [5.41, 5.74) is 0.699. The van der Waals surface area contributed by atoms with Gasteiger partial charge in [-0.2, -0.15) is 0 Å². The van der Waals surface area contributed by atoms with Gasteiger partial charge in [0.1, 0.15) is 5.60 Å². The molecule has 1 aliphatic rings. The van der Waals surface area contributed by atoms with Crippen molar-refractivity contribution in [1.82, 2.24) is 0 Å². The van der Waals surface area contributed by atoms with Crippen molar-refractivity contribution in [3.63, 3.8) is 0 Å². The second-order valence-electron chi connectivity index (χ2n) is 5.76. The van der Waals surface area contributed by atoms with Crippen molar-refractivity contribution in [1.29, 1.82) is 0 Å². The van der Waals surface area contributed by atoms with Gasteiger partial charge in [-0.15, -0.1) is 0 Å². The van der Waals surface area contributed by atoms with Gasteiger partial charge >= 0.3 is 0 Å². The quantitative estimate of drug-likeness (QED) is 0.823. The minimum absolute atomic E-state index is 0.322. The Morgan fingerprint density at radius 2 is 2.00 bits per heavy atom. The summed E-state index contributed by atoms with van der Waals surface area (Å²) in [5, 5.41) is 0. The van der Waals surface area contributed by atoms with Crippen LogP contribution in [0.5, 0.6) is 17.2 Å². The topological polar surface area (TPSA) is 27.7 Å². The molecule has 0 amide bonds. The van der Waals surface area contributed by atoms with Gasteiger partial charge < -0.3 is 14.2 Å². The zero-order chi connectivity index (χ0) is 14.0. The molecule has 1 aliphatic heterocycles. The lowest BCUT2D eigenvalue weighted by atomic mass is 10.0. The van der Waals surface area contributed by atoms with Gasteiger partial charge in [0.15, 0.2) is 11.5 Å². The second-order valence-corrected chi connectivity index (χ2v) is 5.76. The van der Waals surface area contributed by atoms with Gasteiger partial charge in [-0.3, -0.25) is 0 Å². The molecule has 1 heterocycles. The summed E-state index contributed by atoms with van der Waals surface area (Å²) in [5.74, 6) is 2.64. The van der Waals surface area contributed by atoms with Gasteiger partial charge in [0.2, 0.25) is 5.75 Å². The molecule has 0 N–H and O–H groups in total. The van der Waals surface area contributed by atoms with Gasteiger partial charge in [0.25, 0.3) is 0 Å². The van der Waals surface area contributed by atoms with E-state index in [2.05, 4.69) is 19.9 Å². The average Bonchev–Trinajstić information content (AvgIpc) is 2.34. The van der Waals surface area contributed by atoms with E-state index in [0.29, 0.717) is 18.3 Å². The first-order valence-electron chi connectivity index (χ1n) is 6.65. The van der Waals surface area contributed by atoms with E-state index in [-0.39, 0.29) is 5.60 Å². The molecule has 0 aliphatic carbocycles. The maximum absolute atomic E-state index is 6.00. The molecule has 104 valence electrons. The smallest absolute Gasteiger partial charge is 0.203 e. The van der Waals surface area contributed by atoms with E-state index in [9.17, 15) is 0 Å². The van der Waals surface area contributed by atoms with E-state index in [4.69, 9.17) is 14.2 Å². The first-order chi connectivity index (χ1) is 8.93. The molecule has 0 unspecified atom stereocenters. The standard InChI is InChI=1S/C16H22O3/c1-11(2)10-18-13-7-6-12-8-9-16(3,4)19-14(12)15(13)17-5/h6-9,11H,10H2,1-5H3. The van der Waals surface area contributed by atoms with E-state index >= 15 is 0 Å². The van der Waals surface area contributed by atoms with Crippen molar-refractivity contribution in [3.8, 4) is 17.2 Å². The highest BCUT2D eigenvalue weighted by Gasteiger charge is 2.26. The summed E-state index contributed by atoms with van der Waals surface area (Å²) in [6.07, 6.45) is 4.11. The van der Waals surface area contributed by atoms with Crippen molar-refractivity contribution in [2.45, 2.75) is 33.3 Å². The minimum atomic E-state index is -0.322. The first kappa shape index (κ1) is 13.8. The fourth-order valence-electron chi connectivity index (χ4n) is 1.95. The molecule has 0 bridgehead atoms. The van der Waals surface area contributed by atoms with E-state index < -0.39 is 0 Å². The van der Waals surface area contributed by atoms with Crippen LogP contribution in [0, 0.1) is 5.92 Å². The molecular formula is C16H22O3. The summed E-state index contributed by atoms with van der Waals surface area (Å²) in [6, 6.07) is 3.94. The molecule has 0 saturated heterocycles. The molecule has 1 aromatic carbocycles. The zero-order valence-corrected chi connectivity index (χ0v) is 12.3. The molecule has 0 atom stereocenters. The lowest BCUT2D eigenvalue weighted by Gasteiger charge is -2.29. The van der Waals surface area contributed by atoms with Crippen LogP contribution in [0.4, 0.5) is 0 Å². The Morgan fingerprint density at radius 1 is 1.26 bits per heavy atom. The van der Waals surface area contributed by atoms with Crippen molar-refractivity contribution < 1.29 is 14.2 Å². The normalized spacial score (nSPS) is 15.9. The number of fused-ring (bicyclic) bond motifs is 1. The Hall–Kier alpha value is -1.64. The molecular weight excluding hydrogens is 240 g/mol. The Labute approximate surface area is 115 Å². The van der Waals surface area contributed by atoms with Crippen LogP contribution in [-0.4, -0.2) is 19.3 Å². The van der Waals surface area contributed by atoms with Crippen LogP contribution in [0.15, 0.2) is 18.2 Å². The Morgan fingerprint density at radius 3 is 2.63 bits per heavy atom. The molecule has 3 nitrogen and oxygen atoms in total. The molecule has 1 aromatic rings. The Kier molecular flexibility index (Phi) is 3.74. The molecule has 0 saturated carbocycles. The third-order valence-corrected chi connectivity index (χ3v) is 2.91. The number of ether oxygens (including phenoxy) is 3. The molecule has 19 heavy (non-hydrogen) atoms. The third-order valence-electron chi connectivity index (χ3n) is 2.91. The number of benzene rings is 1. The van der Waals surface area contributed by atoms with Crippen LogP contribution in [-0.2, 0) is 0 Å². The van der Waals surface area contributed by atoms with Gasteiger partial charge in [-0.1, -0.05) is 19.9 Å². The molecule has 0 aromatic heterocycles. The third kappa shape index (κ3) is 3.03. The maximum Gasteiger partial charge on any atom is 0.203 e. The molecule has 2 rings (SSSR count). The fraction of sp³-hybridized carbons (Fsp3) is 0.500. The van der Waals surface area contributed by atoms with Crippen LogP contribution in [0.1, 0.15) is 33.3 Å². The fourth-order valence-corrected chi connectivity index (χ4v) is 1.95. The monoisotopic (exact) mass is 262 g/mol. The second kappa shape index (κ2) is 5.16. The predicted molar refractivity (Wildman–Crippen MR) is 77.1 cm³/mol. The maximum atomic E-state index is 6.00. The van der Waals surface area contributed by atoms with E-state index in [1.165, 1.54) is 0 Å². The number of hydrogen-bond acceptors (Lipinski definition) is 3. The summed E-state index contributed by atoms with van der Waals surface area (Å²) >= 11 is 0. The first-order valence-corrected chi connectivity index (χ1v) is 6.65. The largest absolute Gasteiger partial charge is 0.490 e. The SMILES string of the molecule is COc1c(OCC(C)C)ccc2c1OC(C)(C)C=C2. The highest BCUT2D eigenvalue weighted by molar-refractivity contribution is 5.68. The highest BCUT2D eigenvalue weighted by Crippen LogP contribution is 2.44. The number of methoxy groups -OCH3 is 1. The zero-order valence-electron chi connectivity index (χ0n) is 12.3. The highest BCUT2D eigenvalue weighted by atomic mass is 16.5. The molecule has 0 fully saturated rings. The summed E-state index contributed by atoms with van der Waals surface area (Å²) in [4.78, 5) is 0. The van der Waals surface area contributed by atoms with E-state index in [0.717, 1.165) is 17.1 Å². The van der Waals surface area contributed by atoms with Crippen LogP contribution < -0.4 is 14.2 Å². The van der Waals surface area contributed by atoms with Gasteiger partial charge in [0.05, 0.1) is 13.7 Å². The summed E-state index contributed by atoms with van der Waals surface area (Å²) < 4.78 is 17.3.